The number of nitro groups is 1. The van der Waals surface area contributed by atoms with Crippen molar-refractivity contribution in [2.45, 2.75) is 6.42 Å². The number of carbonyl (C=O) groups excluding carboxylic acids is 1. The van der Waals surface area contributed by atoms with Gasteiger partial charge in [0.05, 0.1) is 28.7 Å². The molecule has 1 aliphatic heterocycles. The molecule has 0 spiro atoms. The summed E-state index contributed by atoms with van der Waals surface area (Å²) in [6.07, 6.45) is 2.20. The zero-order valence-corrected chi connectivity index (χ0v) is 19.6. The van der Waals surface area contributed by atoms with Crippen LogP contribution in [-0.2, 0) is 4.79 Å². The van der Waals surface area contributed by atoms with Crippen LogP contribution in [0.2, 0.25) is 0 Å². The third-order valence-electron chi connectivity index (χ3n) is 4.86. The van der Waals surface area contributed by atoms with Gasteiger partial charge in [-0.3, -0.25) is 19.8 Å². The Hall–Kier alpha value is -3.69. The van der Waals surface area contributed by atoms with Crippen LogP contribution in [0.1, 0.15) is 12.0 Å². The molecule has 0 aliphatic carbocycles. The van der Waals surface area contributed by atoms with Crippen LogP contribution in [0.15, 0.2) is 83.8 Å². The molecule has 0 atom stereocenters. The normalized spacial score (nSPS) is 14.5. The van der Waals surface area contributed by atoms with Gasteiger partial charge in [0, 0.05) is 24.1 Å². The predicted molar refractivity (Wildman–Crippen MR) is 137 cm³/mol. The van der Waals surface area contributed by atoms with Gasteiger partial charge >= 0.3 is 0 Å². The first kappa shape index (κ1) is 23.5. The number of rotatable bonds is 9. The molecule has 1 aliphatic rings. The third-order valence-corrected chi connectivity index (χ3v) is 6.16. The number of anilines is 1. The second-order valence-corrected chi connectivity index (χ2v) is 8.87. The molecule has 7 nitrogen and oxygen atoms in total. The Morgan fingerprint density at radius 3 is 2.35 bits per heavy atom. The van der Waals surface area contributed by atoms with E-state index in [2.05, 4.69) is 0 Å². The molecule has 0 saturated carbocycles. The number of benzene rings is 3. The Kier molecular flexibility index (Phi) is 7.56. The van der Waals surface area contributed by atoms with Crippen molar-refractivity contribution in [3.05, 3.63) is 99.4 Å². The van der Waals surface area contributed by atoms with E-state index in [-0.39, 0.29) is 11.6 Å². The van der Waals surface area contributed by atoms with E-state index < -0.39 is 4.92 Å². The van der Waals surface area contributed by atoms with E-state index in [1.165, 1.54) is 17.0 Å². The molecule has 0 N–H and O–H groups in total. The highest BCUT2D eigenvalue weighted by molar-refractivity contribution is 8.27. The minimum absolute atomic E-state index is 0.0930. The lowest BCUT2D eigenvalue weighted by Crippen LogP contribution is -2.27. The topological polar surface area (TPSA) is 81.9 Å². The van der Waals surface area contributed by atoms with Crippen molar-refractivity contribution >= 4 is 51.7 Å². The van der Waals surface area contributed by atoms with Gasteiger partial charge in [0.25, 0.3) is 11.6 Å². The Balaban J connectivity index is 1.49. The number of non-ortho nitro benzene ring substituents is 1. The molecule has 34 heavy (non-hydrogen) atoms. The second-order valence-electron chi connectivity index (χ2n) is 7.20. The number of nitro benzene ring substituents is 1. The SMILES string of the molecule is O=C1/C(=C\c2cc([N+](=O)[O-])ccc2OCCCOc2ccccc2)SC(=S)N1c1ccccc1. The number of ether oxygens (including phenoxy) is 2. The Morgan fingerprint density at radius 2 is 1.65 bits per heavy atom. The monoisotopic (exact) mass is 492 g/mol. The molecule has 0 radical (unpaired) electrons. The summed E-state index contributed by atoms with van der Waals surface area (Å²) in [5.41, 5.74) is 1.01. The number of carbonyl (C=O) groups is 1. The molecular formula is C25H20N2O5S2. The average Bonchev–Trinajstić information content (AvgIpc) is 3.13. The number of thioether (sulfide) groups is 1. The lowest BCUT2D eigenvalue weighted by Gasteiger charge is -2.14. The molecule has 172 valence electrons. The van der Waals surface area contributed by atoms with E-state index in [1.54, 1.807) is 24.3 Å². The molecule has 1 saturated heterocycles. The van der Waals surface area contributed by atoms with Crippen molar-refractivity contribution in [1.82, 2.24) is 0 Å². The summed E-state index contributed by atoms with van der Waals surface area (Å²) in [4.78, 5) is 25.7. The second kappa shape index (κ2) is 11.0. The van der Waals surface area contributed by atoms with E-state index >= 15 is 0 Å². The summed E-state index contributed by atoms with van der Waals surface area (Å²) >= 11 is 6.55. The van der Waals surface area contributed by atoms with E-state index in [9.17, 15) is 14.9 Å². The zero-order valence-electron chi connectivity index (χ0n) is 18.0. The van der Waals surface area contributed by atoms with E-state index in [0.29, 0.717) is 45.9 Å². The van der Waals surface area contributed by atoms with Crippen LogP contribution in [0, 0.1) is 10.1 Å². The van der Waals surface area contributed by atoms with Gasteiger partial charge in [-0.2, -0.15) is 0 Å². The summed E-state index contributed by atoms with van der Waals surface area (Å²) in [5, 5.41) is 11.3. The molecule has 1 fully saturated rings. The maximum absolute atomic E-state index is 13.0. The van der Waals surface area contributed by atoms with Gasteiger partial charge in [-0.25, -0.2) is 0 Å². The Labute approximate surface area is 206 Å². The summed E-state index contributed by atoms with van der Waals surface area (Å²) < 4.78 is 11.9. The van der Waals surface area contributed by atoms with Crippen molar-refractivity contribution in [1.29, 1.82) is 0 Å². The van der Waals surface area contributed by atoms with Gasteiger partial charge in [-0.05, 0) is 36.4 Å². The fraction of sp³-hybridized carbons (Fsp3) is 0.120. The molecule has 0 unspecified atom stereocenters. The fourth-order valence-corrected chi connectivity index (χ4v) is 4.54. The van der Waals surface area contributed by atoms with Crippen molar-refractivity contribution < 1.29 is 19.2 Å². The van der Waals surface area contributed by atoms with Crippen LogP contribution in [0.5, 0.6) is 11.5 Å². The fourth-order valence-electron chi connectivity index (χ4n) is 3.25. The first-order chi connectivity index (χ1) is 16.5. The van der Waals surface area contributed by atoms with Gasteiger partial charge in [0.15, 0.2) is 4.32 Å². The Morgan fingerprint density at radius 1 is 0.971 bits per heavy atom. The summed E-state index contributed by atoms with van der Waals surface area (Å²) in [6.45, 7) is 0.804. The van der Waals surface area contributed by atoms with Crippen molar-refractivity contribution in [2.24, 2.45) is 0 Å². The standard InChI is InChI=1S/C25H20N2O5S2/c28-24-23(34-25(33)26(24)19-8-3-1-4-9-19)17-18-16-20(27(29)30)12-13-22(18)32-15-7-14-31-21-10-5-2-6-11-21/h1-6,8-13,16-17H,7,14-15H2/b23-17+. The van der Waals surface area contributed by atoms with Crippen LogP contribution in [0.25, 0.3) is 6.08 Å². The summed E-state index contributed by atoms with van der Waals surface area (Å²) in [5.74, 6) is 0.934. The zero-order chi connectivity index (χ0) is 23.9. The molecule has 3 aromatic rings. The van der Waals surface area contributed by atoms with Crippen LogP contribution in [0.3, 0.4) is 0 Å². The highest BCUT2D eigenvalue weighted by atomic mass is 32.2. The molecule has 0 aromatic heterocycles. The van der Waals surface area contributed by atoms with E-state index in [1.807, 2.05) is 48.5 Å². The van der Waals surface area contributed by atoms with Gasteiger partial charge in [0.2, 0.25) is 0 Å². The molecular weight excluding hydrogens is 472 g/mol. The number of hydrogen-bond acceptors (Lipinski definition) is 7. The minimum Gasteiger partial charge on any atom is -0.493 e. The number of para-hydroxylation sites is 2. The molecule has 0 bridgehead atoms. The molecule has 1 heterocycles. The van der Waals surface area contributed by atoms with Crippen molar-refractivity contribution in [3.8, 4) is 11.5 Å². The predicted octanol–water partition coefficient (Wildman–Crippen LogP) is 5.85. The van der Waals surface area contributed by atoms with E-state index in [4.69, 9.17) is 21.7 Å². The van der Waals surface area contributed by atoms with Gasteiger partial charge in [-0.15, -0.1) is 0 Å². The number of nitrogens with zero attached hydrogens (tertiary/aromatic N) is 2. The molecule has 3 aromatic carbocycles. The lowest BCUT2D eigenvalue weighted by atomic mass is 10.1. The first-order valence-electron chi connectivity index (χ1n) is 10.4. The molecule has 9 heteroatoms. The van der Waals surface area contributed by atoms with Crippen LogP contribution >= 0.6 is 24.0 Å². The highest BCUT2D eigenvalue weighted by Gasteiger charge is 2.33. The first-order valence-corrected chi connectivity index (χ1v) is 11.7. The molecule has 4 rings (SSSR count). The third kappa shape index (κ3) is 5.62. The van der Waals surface area contributed by atoms with E-state index in [0.717, 1.165) is 17.5 Å². The van der Waals surface area contributed by atoms with Crippen molar-refractivity contribution in [3.63, 3.8) is 0 Å². The highest BCUT2D eigenvalue weighted by Crippen LogP contribution is 2.37. The van der Waals surface area contributed by atoms with Crippen LogP contribution in [0.4, 0.5) is 11.4 Å². The largest absolute Gasteiger partial charge is 0.493 e. The number of hydrogen-bond donors (Lipinski definition) is 0. The quantitative estimate of drug-likeness (QED) is 0.122. The van der Waals surface area contributed by atoms with Gasteiger partial charge in [0.1, 0.15) is 11.5 Å². The smallest absolute Gasteiger partial charge is 0.270 e. The molecule has 1 amide bonds. The maximum Gasteiger partial charge on any atom is 0.270 e. The number of thiocarbonyl (C=S) groups is 1. The van der Waals surface area contributed by atoms with Gasteiger partial charge in [-0.1, -0.05) is 60.4 Å². The summed E-state index contributed by atoms with van der Waals surface area (Å²) in [6, 6.07) is 22.9. The number of amides is 1. The van der Waals surface area contributed by atoms with Gasteiger partial charge < -0.3 is 9.47 Å². The average molecular weight is 493 g/mol. The Bertz CT molecular complexity index is 1230. The van der Waals surface area contributed by atoms with Crippen molar-refractivity contribution in [2.75, 3.05) is 18.1 Å². The van der Waals surface area contributed by atoms with Crippen LogP contribution in [-0.4, -0.2) is 28.4 Å². The maximum atomic E-state index is 13.0. The van der Waals surface area contributed by atoms with Crippen LogP contribution < -0.4 is 14.4 Å². The summed E-state index contributed by atoms with van der Waals surface area (Å²) in [7, 11) is 0. The lowest BCUT2D eigenvalue weighted by molar-refractivity contribution is -0.384. The minimum atomic E-state index is -0.482.